The highest BCUT2D eigenvalue weighted by Crippen LogP contribution is 2.31. The summed E-state index contributed by atoms with van der Waals surface area (Å²) in [5, 5.41) is 6.95. The molecule has 0 aliphatic rings. The normalized spacial score (nSPS) is 10.8. The van der Waals surface area contributed by atoms with Crippen molar-refractivity contribution in [2.45, 2.75) is 33.4 Å². The van der Waals surface area contributed by atoms with Gasteiger partial charge in [0.15, 0.2) is 11.5 Å². The molecule has 0 radical (unpaired) electrons. The smallest absolute Gasteiger partial charge is 0.387 e. The van der Waals surface area contributed by atoms with Gasteiger partial charge in [-0.3, -0.25) is 9.48 Å². The zero-order valence-corrected chi connectivity index (χ0v) is 15.3. The number of aromatic nitrogens is 2. The van der Waals surface area contributed by atoms with E-state index in [2.05, 4.69) is 31.1 Å². The minimum atomic E-state index is -2.95. The van der Waals surface area contributed by atoms with Gasteiger partial charge >= 0.3 is 6.61 Å². The lowest BCUT2D eigenvalue weighted by Crippen LogP contribution is -2.15. The van der Waals surface area contributed by atoms with E-state index in [1.165, 1.54) is 18.2 Å². The fourth-order valence-electron chi connectivity index (χ4n) is 2.10. The van der Waals surface area contributed by atoms with E-state index in [1.807, 2.05) is 6.92 Å². The molecule has 25 heavy (non-hydrogen) atoms. The standard InChI is InChI=1S/C16H18BrF2N3O3/c1-3-24-14-8-11(4-5-13(14)25-16(18)19)20-15(23)6-7-22-9-12(17)10(2)21-22/h4-5,8-9,16H,3,6-7H2,1-2H3,(H,20,23). The zero-order chi connectivity index (χ0) is 18.4. The lowest BCUT2D eigenvalue weighted by molar-refractivity contribution is -0.116. The third-order valence-electron chi connectivity index (χ3n) is 3.20. The number of aryl methyl sites for hydroxylation is 2. The molecule has 1 aromatic heterocycles. The number of amides is 1. The van der Waals surface area contributed by atoms with Gasteiger partial charge in [0.2, 0.25) is 5.91 Å². The molecule has 0 aliphatic heterocycles. The topological polar surface area (TPSA) is 65.4 Å². The van der Waals surface area contributed by atoms with Gasteiger partial charge in [-0.2, -0.15) is 13.9 Å². The molecule has 1 aromatic carbocycles. The summed E-state index contributed by atoms with van der Waals surface area (Å²) < 4.78 is 37.0. The van der Waals surface area contributed by atoms with Crippen LogP contribution in [-0.2, 0) is 11.3 Å². The summed E-state index contributed by atoms with van der Waals surface area (Å²) in [5.41, 5.74) is 1.28. The number of rotatable bonds is 8. The SMILES string of the molecule is CCOc1cc(NC(=O)CCn2cc(Br)c(C)n2)ccc1OC(F)F. The Kier molecular flexibility index (Phi) is 6.74. The second-order valence-corrected chi connectivity index (χ2v) is 5.95. The van der Waals surface area contributed by atoms with Crippen molar-refractivity contribution in [2.75, 3.05) is 11.9 Å². The molecule has 1 amide bonds. The Labute approximate surface area is 152 Å². The van der Waals surface area contributed by atoms with Crippen molar-refractivity contribution < 1.29 is 23.0 Å². The monoisotopic (exact) mass is 417 g/mol. The third-order valence-corrected chi connectivity index (χ3v) is 3.98. The first-order valence-corrected chi connectivity index (χ1v) is 8.39. The molecular weight excluding hydrogens is 400 g/mol. The van der Waals surface area contributed by atoms with Crippen molar-refractivity contribution in [1.29, 1.82) is 0 Å². The molecule has 2 aromatic rings. The van der Waals surface area contributed by atoms with Crippen LogP contribution < -0.4 is 14.8 Å². The van der Waals surface area contributed by atoms with Gasteiger partial charge in [-0.05, 0) is 41.9 Å². The average molecular weight is 418 g/mol. The lowest BCUT2D eigenvalue weighted by Gasteiger charge is -2.13. The van der Waals surface area contributed by atoms with Crippen LogP contribution in [-0.4, -0.2) is 28.9 Å². The Morgan fingerprint density at radius 1 is 1.40 bits per heavy atom. The number of carbonyl (C=O) groups excluding carboxylic acids is 1. The number of hydrogen-bond acceptors (Lipinski definition) is 4. The number of anilines is 1. The molecule has 0 unspecified atom stereocenters. The highest BCUT2D eigenvalue weighted by molar-refractivity contribution is 9.10. The van der Waals surface area contributed by atoms with E-state index in [1.54, 1.807) is 17.8 Å². The number of alkyl halides is 2. The Hall–Kier alpha value is -2.16. The average Bonchev–Trinajstić information content (AvgIpc) is 2.86. The molecule has 2 rings (SSSR count). The quantitative estimate of drug-likeness (QED) is 0.705. The molecular formula is C16H18BrF2N3O3. The van der Waals surface area contributed by atoms with Crippen molar-refractivity contribution in [3.05, 3.63) is 34.6 Å². The van der Waals surface area contributed by atoms with E-state index in [9.17, 15) is 13.6 Å². The molecule has 0 spiro atoms. The lowest BCUT2D eigenvalue weighted by atomic mass is 10.2. The van der Waals surface area contributed by atoms with Gasteiger partial charge in [-0.1, -0.05) is 0 Å². The Balaban J connectivity index is 1.98. The molecule has 0 fully saturated rings. The number of nitrogens with one attached hydrogen (secondary N) is 1. The second-order valence-electron chi connectivity index (χ2n) is 5.10. The van der Waals surface area contributed by atoms with Crippen molar-refractivity contribution >= 4 is 27.5 Å². The number of halogens is 3. The van der Waals surface area contributed by atoms with E-state index in [-0.39, 0.29) is 30.4 Å². The number of ether oxygens (including phenoxy) is 2. The summed E-state index contributed by atoms with van der Waals surface area (Å²) in [4.78, 5) is 12.1. The predicted octanol–water partition coefficient (Wildman–Crippen LogP) is 3.98. The Morgan fingerprint density at radius 2 is 2.16 bits per heavy atom. The van der Waals surface area contributed by atoms with Gasteiger partial charge in [0, 0.05) is 30.9 Å². The maximum absolute atomic E-state index is 12.4. The molecule has 136 valence electrons. The molecule has 0 bridgehead atoms. The van der Waals surface area contributed by atoms with E-state index in [0.717, 1.165) is 10.2 Å². The summed E-state index contributed by atoms with van der Waals surface area (Å²) in [6, 6.07) is 4.27. The number of carbonyl (C=O) groups is 1. The third kappa shape index (κ3) is 5.70. The van der Waals surface area contributed by atoms with Crippen molar-refractivity contribution in [1.82, 2.24) is 9.78 Å². The molecule has 0 atom stereocenters. The first kappa shape index (κ1) is 19.2. The maximum Gasteiger partial charge on any atom is 0.387 e. The zero-order valence-electron chi connectivity index (χ0n) is 13.8. The van der Waals surface area contributed by atoms with Crippen LogP contribution in [0.2, 0.25) is 0 Å². The van der Waals surface area contributed by atoms with Crippen LogP contribution in [0.3, 0.4) is 0 Å². The first-order chi connectivity index (χ1) is 11.9. The fraction of sp³-hybridized carbons (Fsp3) is 0.375. The number of nitrogens with zero attached hydrogens (tertiary/aromatic N) is 2. The van der Waals surface area contributed by atoms with E-state index >= 15 is 0 Å². The number of hydrogen-bond donors (Lipinski definition) is 1. The largest absolute Gasteiger partial charge is 0.490 e. The highest BCUT2D eigenvalue weighted by atomic mass is 79.9. The summed E-state index contributed by atoms with van der Waals surface area (Å²) in [6.45, 7) is 1.34. The molecule has 1 heterocycles. The minimum Gasteiger partial charge on any atom is -0.490 e. The van der Waals surface area contributed by atoms with Crippen LogP contribution in [0.4, 0.5) is 14.5 Å². The highest BCUT2D eigenvalue weighted by Gasteiger charge is 2.13. The molecule has 0 aliphatic carbocycles. The van der Waals surface area contributed by atoms with Crippen LogP contribution in [0, 0.1) is 6.92 Å². The first-order valence-electron chi connectivity index (χ1n) is 7.60. The second kappa shape index (κ2) is 8.80. The molecule has 6 nitrogen and oxygen atoms in total. The van der Waals surface area contributed by atoms with Gasteiger partial charge in [0.25, 0.3) is 0 Å². The summed E-state index contributed by atoms with van der Waals surface area (Å²) >= 11 is 3.36. The van der Waals surface area contributed by atoms with Crippen LogP contribution in [0.25, 0.3) is 0 Å². The van der Waals surface area contributed by atoms with E-state index in [0.29, 0.717) is 12.2 Å². The molecule has 9 heteroatoms. The predicted molar refractivity (Wildman–Crippen MR) is 92.2 cm³/mol. The summed E-state index contributed by atoms with van der Waals surface area (Å²) in [7, 11) is 0. The van der Waals surface area contributed by atoms with Gasteiger partial charge in [-0.15, -0.1) is 0 Å². The van der Waals surface area contributed by atoms with Gasteiger partial charge < -0.3 is 14.8 Å². The Bertz CT molecular complexity index is 718. The number of benzene rings is 1. The van der Waals surface area contributed by atoms with Crippen LogP contribution in [0.15, 0.2) is 28.9 Å². The van der Waals surface area contributed by atoms with Crippen LogP contribution in [0.5, 0.6) is 11.5 Å². The van der Waals surface area contributed by atoms with Gasteiger partial charge in [0.05, 0.1) is 16.8 Å². The van der Waals surface area contributed by atoms with Crippen molar-refractivity contribution in [3.8, 4) is 11.5 Å². The molecule has 0 saturated heterocycles. The van der Waals surface area contributed by atoms with Gasteiger partial charge in [-0.25, -0.2) is 0 Å². The fourth-order valence-corrected chi connectivity index (χ4v) is 2.41. The van der Waals surface area contributed by atoms with E-state index in [4.69, 9.17) is 4.74 Å². The Morgan fingerprint density at radius 3 is 2.76 bits per heavy atom. The van der Waals surface area contributed by atoms with Crippen LogP contribution >= 0.6 is 15.9 Å². The minimum absolute atomic E-state index is 0.0771. The molecule has 0 saturated carbocycles. The van der Waals surface area contributed by atoms with E-state index < -0.39 is 6.61 Å². The summed E-state index contributed by atoms with van der Waals surface area (Å²) in [6.07, 6.45) is 2.01. The van der Waals surface area contributed by atoms with Crippen molar-refractivity contribution in [2.24, 2.45) is 0 Å². The maximum atomic E-state index is 12.4. The molecule has 1 N–H and O–H groups in total. The van der Waals surface area contributed by atoms with Crippen LogP contribution in [0.1, 0.15) is 19.0 Å². The summed E-state index contributed by atoms with van der Waals surface area (Å²) in [5.74, 6) is -0.159. The van der Waals surface area contributed by atoms with Gasteiger partial charge in [0.1, 0.15) is 0 Å². The van der Waals surface area contributed by atoms with Crippen molar-refractivity contribution in [3.63, 3.8) is 0 Å².